The van der Waals surface area contributed by atoms with Gasteiger partial charge in [0.15, 0.2) is 5.78 Å². The molecule has 0 fully saturated rings. The van der Waals surface area contributed by atoms with Gasteiger partial charge in [-0.1, -0.05) is 172 Å². The second kappa shape index (κ2) is 19.7. The molecule has 0 spiro atoms. The Hall–Kier alpha value is -4.25. The highest BCUT2D eigenvalue weighted by molar-refractivity contribution is 5.96. The molecule has 0 saturated carbocycles. The monoisotopic (exact) mass is 882 g/mol. The molecule has 3 aromatic rings. The first-order valence-electron chi connectivity index (χ1n) is 23.1. The SMILES string of the molecule is CC(=O)C1=C(C(C)(C)C)C(C(C)(C)C)=CC1.Cn1cc(C(C)(C)C)c(C(C)(C)C)c1C#N.Cn1cc(C(C)(C)C)c(C(C)(C)C)cc1=O.Cn1nc(C(C)(C)C)c(C(C)(C)C)cc1=O. The molecule has 0 aliphatic heterocycles. The Labute approximate surface area is 390 Å². The first kappa shape index (κ1) is 57.8. The Balaban J connectivity index is 0.000000427. The zero-order valence-electron chi connectivity index (χ0n) is 46.1. The first-order valence-corrected chi connectivity index (χ1v) is 23.1. The number of nitriles is 1. The quantitative estimate of drug-likeness (QED) is 0.242. The number of carbonyl (C=O) groups excluding carboxylic acids is 1. The van der Waals surface area contributed by atoms with E-state index in [0.717, 1.165) is 34.5 Å². The molecule has 0 bridgehead atoms. The van der Waals surface area contributed by atoms with Crippen molar-refractivity contribution in [3.63, 3.8) is 0 Å². The molecular weight excluding hydrogens is 791 g/mol. The summed E-state index contributed by atoms with van der Waals surface area (Å²) in [5, 5.41) is 13.7. The average molecular weight is 882 g/mol. The van der Waals surface area contributed by atoms with Gasteiger partial charge in [-0.3, -0.25) is 14.4 Å². The van der Waals surface area contributed by atoms with Gasteiger partial charge in [0.2, 0.25) is 0 Å². The number of hydrogen-bond acceptors (Lipinski definition) is 5. The third-order valence-corrected chi connectivity index (χ3v) is 11.4. The maximum Gasteiger partial charge on any atom is 0.266 e. The van der Waals surface area contributed by atoms with Crippen molar-refractivity contribution < 1.29 is 4.79 Å². The summed E-state index contributed by atoms with van der Waals surface area (Å²) in [5.41, 5.74) is 11.6. The summed E-state index contributed by atoms with van der Waals surface area (Å²) in [7, 11) is 5.46. The van der Waals surface area contributed by atoms with Crippen molar-refractivity contribution in [1.82, 2.24) is 18.9 Å². The zero-order valence-corrected chi connectivity index (χ0v) is 46.1. The molecule has 0 saturated heterocycles. The number of rotatable bonds is 1. The molecule has 3 heterocycles. The third kappa shape index (κ3) is 15.2. The summed E-state index contributed by atoms with van der Waals surface area (Å²) in [5.74, 6) is 0.223. The van der Waals surface area contributed by atoms with Gasteiger partial charge in [-0.05, 0) is 90.2 Å². The van der Waals surface area contributed by atoms with Crippen molar-refractivity contribution >= 4 is 5.78 Å². The number of carbonyl (C=O) groups is 1. The zero-order chi connectivity index (χ0) is 50.9. The summed E-state index contributed by atoms with van der Waals surface area (Å²) >= 11 is 0. The van der Waals surface area contributed by atoms with E-state index in [1.807, 2.05) is 24.9 Å². The van der Waals surface area contributed by atoms with Gasteiger partial charge in [-0.2, -0.15) is 10.4 Å². The van der Waals surface area contributed by atoms with Crippen LogP contribution in [0.3, 0.4) is 0 Å². The number of aryl methyl sites for hydroxylation is 3. The number of Topliss-reactive ketones (excluding diaryl/α,β-unsaturated/α-hetero) is 1. The minimum Gasteiger partial charge on any atom is -0.342 e. The van der Waals surface area contributed by atoms with Gasteiger partial charge in [0.05, 0.1) is 5.69 Å². The molecule has 0 amide bonds. The Kier molecular flexibility index (Phi) is 17.8. The van der Waals surface area contributed by atoms with Crippen LogP contribution in [0, 0.1) is 22.2 Å². The van der Waals surface area contributed by atoms with Crippen LogP contribution < -0.4 is 11.1 Å². The van der Waals surface area contributed by atoms with E-state index in [0.29, 0.717) is 0 Å². The number of nitrogens with zero attached hydrogens (tertiary/aromatic N) is 5. The van der Waals surface area contributed by atoms with Gasteiger partial charge in [-0.25, -0.2) is 4.68 Å². The molecule has 358 valence electrons. The molecule has 3 aromatic heterocycles. The lowest BCUT2D eigenvalue weighted by atomic mass is 9.73. The van der Waals surface area contributed by atoms with Crippen molar-refractivity contribution in [3.05, 3.63) is 107 Å². The molecule has 8 heteroatoms. The molecule has 64 heavy (non-hydrogen) atoms. The lowest BCUT2D eigenvalue weighted by Crippen LogP contribution is -2.31. The maximum atomic E-state index is 11.7. The van der Waals surface area contributed by atoms with E-state index in [4.69, 9.17) is 0 Å². The number of aromatic nitrogens is 4. The van der Waals surface area contributed by atoms with Gasteiger partial charge in [0.1, 0.15) is 11.8 Å². The lowest BCUT2D eigenvalue weighted by molar-refractivity contribution is -0.113. The number of hydrogen-bond donors (Lipinski definition) is 0. The van der Waals surface area contributed by atoms with Crippen LogP contribution in [-0.4, -0.2) is 24.7 Å². The normalized spacial score (nSPS) is 14.1. The molecule has 0 radical (unpaired) electrons. The summed E-state index contributed by atoms with van der Waals surface area (Å²) in [6, 6.07) is 5.82. The molecule has 4 rings (SSSR count). The highest BCUT2D eigenvalue weighted by Crippen LogP contribution is 2.47. The van der Waals surface area contributed by atoms with Crippen LogP contribution in [0.4, 0.5) is 0 Å². The van der Waals surface area contributed by atoms with Crippen LogP contribution in [0.5, 0.6) is 0 Å². The van der Waals surface area contributed by atoms with Crippen LogP contribution in [0.1, 0.15) is 219 Å². The molecular formula is C56H91N5O3. The first-order chi connectivity index (χ1) is 28.2. The second-order valence-corrected chi connectivity index (χ2v) is 26.1. The Morgan fingerprint density at radius 3 is 1.31 bits per heavy atom. The Morgan fingerprint density at radius 1 is 0.547 bits per heavy atom. The highest BCUT2D eigenvalue weighted by Gasteiger charge is 2.35. The summed E-state index contributed by atoms with van der Waals surface area (Å²) in [6.45, 7) is 53.7. The Morgan fingerprint density at radius 2 is 0.969 bits per heavy atom. The molecule has 8 nitrogen and oxygen atoms in total. The fourth-order valence-corrected chi connectivity index (χ4v) is 8.03. The van der Waals surface area contributed by atoms with Crippen molar-refractivity contribution in [3.8, 4) is 6.07 Å². The van der Waals surface area contributed by atoms with Gasteiger partial charge < -0.3 is 9.13 Å². The number of allylic oxidation sites excluding steroid dienone is 4. The van der Waals surface area contributed by atoms with Crippen LogP contribution in [0.2, 0.25) is 0 Å². The Bertz CT molecular complexity index is 2270. The topological polar surface area (TPSA) is 103 Å². The van der Waals surface area contributed by atoms with E-state index in [2.05, 4.69) is 190 Å². The van der Waals surface area contributed by atoms with E-state index in [-0.39, 0.29) is 60.2 Å². The largest absolute Gasteiger partial charge is 0.342 e. The molecule has 0 aromatic carbocycles. The van der Waals surface area contributed by atoms with Crippen LogP contribution >= 0.6 is 0 Å². The minimum atomic E-state index is -0.0525. The van der Waals surface area contributed by atoms with E-state index in [1.165, 1.54) is 32.5 Å². The van der Waals surface area contributed by atoms with Crippen molar-refractivity contribution in [2.75, 3.05) is 0 Å². The third-order valence-electron chi connectivity index (χ3n) is 11.4. The van der Waals surface area contributed by atoms with E-state index in [1.54, 1.807) is 30.7 Å². The molecule has 0 unspecified atom stereocenters. The molecule has 0 N–H and O–H groups in total. The minimum absolute atomic E-state index is 0.00887. The standard InChI is InChI=1S/C15H24O.C14H22N2.C14H23NO.C13H22N2O/c1-10(16)11-8-9-12(14(2,3)4)13(11)15(5,6)7;1-13(2,3)10-9-16(7)11(8-15)12(10)14(4,5)6;1-13(2,3)10-8-12(16)15(7)9-11(10)14(4,5)6;1-12(2,3)9-8-10(16)15(7)14-11(9)13(4,5)6/h9H,8H2,1-7H3;9H,1-7H3;8-9H,1-7H3;8H,1-7H3. The molecule has 1 aliphatic rings. The van der Waals surface area contributed by atoms with Crippen molar-refractivity contribution in [1.29, 1.82) is 5.26 Å². The maximum absolute atomic E-state index is 11.7. The highest BCUT2D eigenvalue weighted by atomic mass is 16.1. The van der Waals surface area contributed by atoms with Crippen LogP contribution in [0.15, 0.2) is 56.9 Å². The summed E-state index contributed by atoms with van der Waals surface area (Å²) < 4.78 is 5.02. The average Bonchev–Trinajstić information content (AvgIpc) is 3.69. The van der Waals surface area contributed by atoms with Crippen molar-refractivity contribution in [2.24, 2.45) is 32.0 Å². The predicted molar refractivity (Wildman–Crippen MR) is 273 cm³/mol. The van der Waals surface area contributed by atoms with Gasteiger partial charge in [0.25, 0.3) is 11.1 Å². The van der Waals surface area contributed by atoms with Crippen LogP contribution in [0.25, 0.3) is 0 Å². The van der Waals surface area contributed by atoms with Gasteiger partial charge in [0, 0.05) is 56.7 Å². The summed E-state index contributed by atoms with van der Waals surface area (Å²) in [6.07, 6.45) is 7.12. The fourth-order valence-electron chi connectivity index (χ4n) is 8.03. The van der Waals surface area contributed by atoms with Crippen LogP contribution in [-0.2, 0) is 58.4 Å². The number of pyridine rings is 1. The fraction of sp³-hybridized carbons (Fsp3) is 0.661. The molecule has 0 atom stereocenters. The van der Waals surface area contributed by atoms with E-state index >= 15 is 0 Å². The van der Waals surface area contributed by atoms with Gasteiger partial charge in [-0.15, -0.1) is 0 Å². The van der Waals surface area contributed by atoms with Gasteiger partial charge >= 0.3 is 0 Å². The predicted octanol–water partition coefficient (Wildman–Crippen LogP) is 13.1. The van der Waals surface area contributed by atoms with Crippen molar-refractivity contribution in [2.45, 2.75) is 212 Å². The smallest absolute Gasteiger partial charge is 0.266 e. The lowest BCUT2D eigenvalue weighted by Gasteiger charge is -2.32. The molecule has 1 aliphatic carbocycles. The second-order valence-electron chi connectivity index (χ2n) is 26.1. The number of ketones is 1. The van der Waals surface area contributed by atoms with E-state index < -0.39 is 0 Å². The summed E-state index contributed by atoms with van der Waals surface area (Å²) in [4.78, 5) is 35.1. The van der Waals surface area contributed by atoms with E-state index in [9.17, 15) is 19.6 Å².